The number of benzene rings is 1. The lowest BCUT2D eigenvalue weighted by atomic mass is 9.96. The summed E-state index contributed by atoms with van der Waals surface area (Å²) < 4.78 is 10.4. The van der Waals surface area contributed by atoms with Gasteiger partial charge in [0.1, 0.15) is 5.60 Å². The van der Waals surface area contributed by atoms with E-state index in [2.05, 4.69) is 5.32 Å². The number of nitrogens with one attached hydrogen (secondary N) is 1. The zero-order chi connectivity index (χ0) is 14.8. The van der Waals surface area contributed by atoms with E-state index >= 15 is 0 Å². The molecule has 0 saturated carbocycles. The van der Waals surface area contributed by atoms with Crippen molar-refractivity contribution in [3.63, 3.8) is 0 Å². The molecule has 1 aliphatic rings. The molecule has 1 aromatic carbocycles. The molecule has 1 aliphatic heterocycles. The summed E-state index contributed by atoms with van der Waals surface area (Å²) in [6.07, 6.45) is 0.406. The van der Waals surface area contributed by atoms with Gasteiger partial charge in [-0.2, -0.15) is 0 Å². The predicted octanol–water partition coefficient (Wildman–Crippen LogP) is 1.68. The number of phenolic OH excluding ortho intramolecular Hbond substituents is 1. The molecule has 2 rings (SSSR count). The van der Waals surface area contributed by atoms with Crippen molar-refractivity contribution in [2.75, 3.05) is 20.3 Å². The minimum absolute atomic E-state index is 0.0621. The monoisotopic (exact) mass is 301 g/mol. The summed E-state index contributed by atoms with van der Waals surface area (Å²) in [6.45, 7) is 3.20. The van der Waals surface area contributed by atoms with Crippen molar-refractivity contribution in [1.29, 1.82) is 0 Å². The zero-order valence-corrected chi connectivity index (χ0v) is 12.4. The molecule has 1 saturated heterocycles. The summed E-state index contributed by atoms with van der Waals surface area (Å²) in [5.41, 5.74) is -0.234. The average molecular weight is 302 g/mol. The molecule has 0 spiro atoms. The Morgan fingerprint density at radius 3 is 2.90 bits per heavy atom. The second-order valence-corrected chi connectivity index (χ2v) is 5.52. The lowest BCUT2D eigenvalue weighted by molar-refractivity contribution is -0.0263. The number of phenols is 1. The molecule has 1 fully saturated rings. The van der Waals surface area contributed by atoms with Gasteiger partial charge < -0.3 is 25.0 Å². The Hall–Kier alpha value is -1.01. The molecule has 20 heavy (non-hydrogen) atoms. The van der Waals surface area contributed by atoms with Crippen LogP contribution in [0.5, 0.6) is 11.5 Å². The third-order valence-corrected chi connectivity index (χ3v) is 3.96. The van der Waals surface area contributed by atoms with E-state index in [4.69, 9.17) is 21.1 Å². The van der Waals surface area contributed by atoms with Gasteiger partial charge in [-0.05, 0) is 13.0 Å². The van der Waals surface area contributed by atoms with Gasteiger partial charge in [-0.1, -0.05) is 11.6 Å². The summed E-state index contributed by atoms with van der Waals surface area (Å²) in [6, 6.07) is 3.23. The first-order valence-electron chi connectivity index (χ1n) is 6.56. The van der Waals surface area contributed by atoms with Crippen LogP contribution < -0.4 is 10.1 Å². The number of ether oxygens (including phenoxy) is 2. The first kappa shape index (κ1) is 15.4. The van der Waals surface area contributed by atoms with Crippen molar-refractivity contribution < 1.29 is 19.7 Å². The standard InChI is InChI=1S/C14H20ClNO4/c1-9-14(18,3-4-20-9)8-16-7-10-5-11(15)6-12(19-2)13(10)17/h5-6,9,16-18H,3-4,7-8H2,1-2H3. The SMILES string of the molecule is COc1cc(Cl)cc(CNCC2(O)CCOC2C)c1O. The van der Waals surface area contributed by atoms with Crippen molar-refractivity contribution in [1.82, 2.24) is 5.32 Å². The number of aliphatic hydroxyl groups is 1. The van der Waals surface area contributed by atoms with Crippen LogP contribution in [0, 0.1) is 0 Å². The normalized spacial score (nSPS) is 25.9. The number of rotatable bonds is 5. The van der Waals surface area contributed by atoms with Crippen molar-refractivity contribution in [3.05, 3.63) is 22.7 Å². The fourth-order valence-corrected chi connectivity index (χ4v) is 2.57. The van der Waals surface area contributed by atoms with E-state index in [0.29, 0.717) is 42.5 Å². The lowest BCUT2D eigenvalue weighted by Gasteiger charge is -2.26. The van der Waals surface area contributed by atoms with Gasteiger partial charge in [0, 0.05) is 42.8 Å². The van der Waals surface area contributed by atoms with E-state index in [0.717, 1.165) is 0 Å². The van der Waals surface area contributed by atoms with Crippen LogP contribution in [0.25, 0.3) is 0 Å². The molecule has 2 unspecified atom stereocenters. The number of methoxy groups -OCH3 is 1. The van der Waals surface area contributed by atoms with Gasteiger partial charge in [0.2, 0.25) is 0 Å². The van der Waals surface area contributed by atoms with E-state index in [1.54, 1.807) is 12.1 Å². The molecule has 0 bridgehead atoms. The van der Waals surface area contributed by atoms with Crippen molar-refractivity contribution in [2.24, 2.45) is 0 Å². The van der Waals surface area contributed by atoms with E-state index in [9.17, 15) is 10.2 Å². The van der Waals surface area contributed by atoms with Crippen molar-refractivity contribution in [2.45, 2.75) is 31.6 Å². The molecule has 6 heteroatoms. The Morgan fingerprint density at radius 1 is 1.55 bits per heavy atom. The van der Waals surface area contributed by atoms with Crippen LogP contribution in [-0.4, -0.2) is 42.2 Å². The first-order chi connectivity index (χ1) is 9.46. The quantitative estimate of drug-likeness (QED) is 0.772. The van der Waals surface area contributed by atoms with E-state index in [1.165, 1.54) is 7.11 Å². The van der Waals surface area contributed by atoms with Gasteiger partial charge in [0.25, 0.3) is 0 Å². The second kappa shape index (κ2) is 6.18. The van der Waals surface area contributed by atoms with Gasteiger partial charge in [0.15, 0.2) is 11.5 Å². The number of hydrogen-bond acceptors (Lipinski definition) is 5. The van der Waals surface area contributed by atoms with Crippen LogP contribution in [0.15, 0.2) is 12.1 Å². The maximum absolute atomic E-state index is 10.4. The highest BCUT2D eigenvalue weighted by atomic mass is 35.5. The molecule has 112 valence electrons. The zero-order valence-electron chi connectivity index (χ0n) is 11.6. The minimum Gasteiger partial charge on any atom is -0.504 e. The van der Waals surface area contributed by atoms with Crippen LogP contribution in [0.3, 0.4) is 0 Å². The maximum Gasteiger partial charge on any atom is 0.162 e. The lowest BCUT2D eigenvalue weighted by Crippen LogP contribution is -2.45. The van der Waals surface area contributed by atoms with Crippen LogP contribution >= 0.6 is 11.6 Å². The molecule has 0 aromatic heterocycles. The molecule has 1 heterocycles. The predicted molar refractivity (Wildman–Crippen MR) is 76.4 cm³/mol. The van der Waals surface area contributed by atoms with Crippen molar-refractivity contribution >= 4 is 11.6 Å². The molecule has 0 amide bonds. The highest BCUT2D eigenvalue weighted by Gasteiger charge is 2.38. The topological polar surface area (TPSA) is 71.0 Å². The molecule has 1 aromatic rings. The third kappa shape index (κ3) is 3.17. The number of aromatic hydroxyl groups is 1. The van der Waals surface area contributed by atoms with Crippen LogP contribution in [0.2, 0.25) is 5.02 Å². The average Bonchev–Trinajstić information content (AvgIpc) is 2.73. The Kier molecular flexibility index (Phi) is 4.75. The smallest absolute Gasteiger partial charge is 0.162 e. The van der Waals surface area contributed by atoms with Gasteiger partial charge in [0.05, 0.1) is 13.2 Å². The van der Waals surface area contributed by atoms with Crippen LogP contribution in [0.1, 0.15) is 18.9 Å². The molecular formula is C14H20ClNO4. The molecule has 0 radical (unpaired) electrons. The van der Waals surface area contributed by atoms with E-state index < -0.39 is 5.60 Å². The summed E-state index contributed by atoms with van der Waals surface area (Å²) in [7, 11) is 1.48. The Balaban J connectivity index is 1.99. The van der Waals surface area contributed by atoms with Gasteiger partial charge in [-0.15, -0.1) is 0 Å². The highest BCUT2D eigenvalue weighted by Crippen LogP contribution is 2.33. The van der Waals surface area contributed by atoms with Crippen LogP contribution in [-0.2, 0) is 11.3 Å². The van der Waals surface area contributed by atoms with E-state index in [1.807, 2.05) is 6.92 Å². The van der Waals surface area contributed by atoms with Gasteiger partial charge in [-0.3, -0.25) is 0 Å². The highest BCUT2D eigenvalue weighted by molar-refractivity contribution is 6.30. The maximum atomic E-state index is 10.4. The summed E-state index contributed by atoms with van der Waals surface area (Å²) in [5.74, 6) is 0.401. The molecule has 3 N–H and O–H groups in total. The summed E-state index contributed by atoms with van der Waals surface area (Å²) in [5, 5.41) is 24.0. The van der Waals surface area contributed by atoms with E-state index in [-0.39, 0.29) is 11.9 Å². The minimum atomic E-state index is -0.863. The van der Waals surface area contributed by atoms with Crippen molar-refractivity contribution in [3.8, 4) is 11.5 Å². The largest absolute Gasteiger partial charge is 0.504 e. The third-order valence-electron chi connectivity index (χ3n) is 3.74. The summed E-state index contributed by atoms with van der Waals surface area (Å²) in [4.78, 5) is 0. The molecular weight excluding hydrogens is 282 g/mol. The summed E-state index contributed by atoms with van der Waals surface area (Å²) >= 11 is 5.97. The second-order valence-electron chi connectivity index (χ2n) is 5.09. The first-order valence-corrected chi connectivity index (χ1v) is 6.94. The Morgan fingerprint density at radius 2 is 2.30 bits per heavy atom. The Labute approximate surface area is 123 Å². The fraction of sp³-hybridized carbons (Fsp3) is 0.571. The van der Waals surface area contributed by atoms with Crippen LogP contribution in [0.4, 0.5) is 0 Å². The van der Waals surface area contributed by atoms with Gasteiger partial charge in [-0.25, -0.2) is 0 Å². The number of halogens is 1. The number of hydrogen-bond donors (Lipinski definition) is 3. The molecule has 2 atom stereocenters. The fourth-order valence-electron chi connectivity index (χ4n) is 2.34. The Bertz CT molecular complexity index is 482. The molecule has 0 aliphatic carbocycles. The van der Waals surface area contributed by atoms with Gasteiger partial charge >= 0.3 is 0 Å². The molecule has 5 nitrogen and oxygen atoms in total.